The van der Waals surface area contributed by atoms with Crippen molar-refractivity contribution in [3.05, 3.63) is 29.8 Å². The van der Waals surface area contributed by atoms with Gasteiger partial charge in [0, 0.05) is 52.1 Å². The summed E-state index contributed by atoms with van der Waals surface area (Å²) >= 11 is 0. The van der Waals surface area contributed by atoms with E-state index in [9.17, 15) is 18.0 Å². The number of para-hydroxylation sites is 1. The molecule has 2 amide bonds. The molecule has 1 aliphatic rings. The molecular formula is C16H22F3N3O2. The lowest BCUT2D eigenvalue weighted by Gasteiger charge is -2.37. The van der Waals surface area contributed by atoms with Crippen LogP contribution in [0.2, 0.25) is 0 Å². The van der Waals surface area contributed by atoms with Crippen LogP contribution in [0.15, 0.2) is 24.3 Å². The number of carbonyl (C=O) groups excluding carboxylic acids is 1. The Balaban J connectivity index is 1.90. The highest BCUT2D eigenvalue weighted by molar-refractivity contribution is 5.74. The first kappa shape index (κ1) is 18.4. The summed E-state index contributed by atoms with van der Waals surface area (Å²) in [5.41, 5.74) is -0.465. The van der Waals surface area contributed by atoms with Crippen LogP contribution < -0.4 is 10.2 Å². The molecule has 8 heteroatoms. The monoisotopic (exact) mass is 345 g/mol. The van der Waals surface area contributed by atoms with Crippen LogP contribution in [0.3, 0.4) is 0 Å². The lowest BCUT2D eigenvalue weighted by atomic mass is 10.1. The van der Waals surface area contributed by atoms with E-state index in [0.29, 0.717) is 39.3 Å². The van der Waals surface area contributed by atoms with Crippen LogP contribution in [0.25, 0.3) is 0 Å². The highest BCUT2D eigenvalue weighted by Crippen LogP contribution is 2.36. The van der Waals surface area contributed by atoms with Crippen LogP contribution in [-0.4, -0.2) is 57.4 Å². The minimum absolute atomic E-state index is 0.171. The van der Waals surface area contributed by atoms with Gasteiger partial charge in [-0.05, 0) is 18.6 Å². The van der Waals surface area contributed by atoms with Crippen molar-refractivity contribution in [3.8, 4) is 0 Å². The third-order valence-corrected chi connectivity index (χ3v) is 3.92. The molecule has 0 aliphatic carbocycles. The highest BCUT2D eigenvalue weighted by atomic mass is 19.4. The number of methoxy groups -OCH3 is 1. The minimum atomic E-state index is -4.38. The zero-order valence-corrected chi connectivity index (χ0v) is 13.6. The van der Waals surface area contributed by atoms with E-state index < -0.39 is 11.7 Å². The number of anilines is 1. The molecule has 0 atom stereocenters. The van der Waals surface area contributed by atoms with Gasteiger partial charge in [0.25, 0.3) is 0 Å². The second-order valence-electron chi connectivity index (χ2n) is 5.57. The summed E-state index contributed by atoms with van der Waals surface area (Å²) in [5, 5.41) is 2.79. The molecule has 1 aromatic carbocycles. The Labute approximate surface area is 139 Å². The number of piperazine rings is 1. The first-order chi connectivity index (χ1) is 11.4. The van der Waals surface area contributed by atoms with Crippen LogP contribution >= 0.6 is 0 Å². The van der Waals surface area contributed by atoms with E-state index in [4.69, 9.17) is 4.74 Å². The summed E-state index contributed by atoms with van der Waals surface area (Å²) in [6.07, 6.45) is -3.66. The van der Waals surface area contributed by atoms with Gasteiger partial charge >= 0.3 is 12.2 Å². The summed E-state index contributed by atoms with van der Waals surface area (Å²) in [6.45, 7) is 2.62. The Morgan fingerprint density at radius 1 is 1.21 bits per heavy atom. The zero-order chi connectivity index (χ0) is 17.6. The number of amides is 2. The van der Waals surface area contributed by atoms with Crippen LogP contribution in [-0.2, 0) is 10.9 Å². The molecule has 1 fully saturated rings. The van der Waals surface area contributed by atoms with Gasteiger partial charge in [0.05, 0.1) is 5.56 Å². The van der Waals surface area contributed by atoms with Crippen molar-refractivity contribution in [2.24, 2.45) is 0 Å². The normalized spacial score (nSPS) is 15.5. The molecule has 2 rings (SSSR count). The first-order valence-electron chi connectivity index (χ1n) is 7.86. The lowest BCUT2D eigenvalue weighted by Crippen LogP contribution is -2.52. The van der Waals surface area contributed by atoms with Gasteiger partial charge in [0.1, 0.15) is 0 Å². The van der Waals surface area contributed by atoms with Crippen molar-refractivity contribution in [1.82, 2.24) is 10.2 Å². The second-order valence-corrected chi connectivity index (χ2v) is 5.57. The van der Waals surface area contributed by atoms with E-state index in [1.807, 2.05) is 0 Å². The molecule has 0 bridgehead atoms. The maximum absolute atomic E-state index is 13.1. The average Bonchev–Trinajstić information content (AvgIpc) is 2.58. The summed E-state index contributed by atoms with van der Waals surface area (Å²) in [6, 6.07) is 5.36. The molecule has 1 saturated heterocycles. The molecule has 1 aromatic rings. The summed E-state index contributed by atoms with van der Waals surface area (Å²) in [5.74, 6) is 0. The van der Waals surface area contributed by atoms with Crippen molar-refractivity contribution < 1.29 is 22.7 Å². The smallest absolute Gasteiger partial charge is 0.385 e. The van der Waals surface area contributed by atoms with E-state index in [0.717, 1.165) is 12.5 Å². The number of rotatable bonds is 5. The Morgan fingerprint density at radius 2 is 1.88 bits per heavy atom. The van der Waals surface area contributed by atoms with Gasteiger partial charge in [-0.3, -0.25) is 0 Å². The number of hydrogen-bond donors (Lipinski definition) is 1. The second kappa shape index (κ2) is 8.23. The minimum Gasteiger partial charge on any atom is -0.385 e. The molecule has 24 heavy (non-hydrogen) atoms. The Morgan fingerprint density at radius 3 is 2.50 bits per heavy atom. The Hall–Kier alpha value is -1.96. The highest BCUT2D eigenvalue weighted by Gasteiger charge is 2.35. The molecular weight excluding hydrogens is 323 g/mol. The molecule has 1 N–H and O–H groups in total. The number of nitrogens with one attached hydrogen (secondary N) is 1. The fraction of sp³-hybridized carbons (Fsp3) is 0.562. The van der Waals surface area contributed by atoms with Gasteiger partial charge in [-0.25, -0.2) is 4.79 Å². The van der Waals surface area contributed by atoms with Crippen LogP contribution in [0.5, 0.6) is 0 Å². The fourth-order valence-electron chi connectivity index (χ4n) is 2.66. The number of benzene rings is 1. The number of hydrogen-bond acceptors (Lipinski definition) is 3. The third kappa shape index (κ3) is 4.77. The zero-order valence-electron chi connectivity index (χ0n) is 13.6. The van der Waals surface area contributed by atoms with Crippen LogP contribution in [0.4, 0.5) is 23.7 Å². The molecule has 0 aromatic heterocycles. The molecule has 5 nitrogen and oxygen atoms in total. The molecule has 1 heterocycles. The van der Waals surface area contributed by atoms with Crippen LogP contribution in [0, 0.1) is 0 Å². The SMILES string of the molecule is COCCCNC(=O)N1CCN(c2ccccc2C(F)(F)F)CC1. The molecule has 0 spiro atoms. The quantitative estimate of drug-likeness (QED) is 0.835. The maximum atomic E-state index is 13.1. The molecule has 0 unspecified atom stereocenters. The predicted molar refractivity (Wildman–Crippen MR) is 85.1 cm³/mol. The number of alkyl halides is 3. The van der Waals surface area contributed by atoms with Gasteiger partial charge in [-0.15, -0.1) is 0 Å². The number of urea groups is 1. The average molecular weight is 345 g/mol. The topological polar surface area (TPSA) is 44.8 Å². The number of carbonyl (C=O) groups is 1. The maximum Gasteiger partial charge on any atom is 0.418 e. The summed E-state index contributed by atoms with van der Waals surface area (Å²) < 4.78 is 44.2. The third-order valence-electron chi connectivity index (χ3n) is 3.92. The van der Waals surface area contributed by atoms with Crippen molar-refractivity contribution in [3.63, 3.8) is 0 Å². The van der Waals surface area contributed by atoms with E-state index in [-0.39, 0.29) is 11.7 Å². The molecule has 134 valence electrons. The largest absolute Gasteiger partial charge is 0.418 e. The van der Waals surface area contributed by atoms with Gasteiger partial charge in [-0.2, -0.15) is 13.2 Å². The van der Waals surface area contributed by atoms with Gasteiger partial charge in [-0.1, -0.05) is 12.1 Å². The van der Waals surface area contributed by atoms with Crippen LogP contribution in [0.1, 0.15) is 12.0 Å². The Bertz CT molecular complexity index is 544. The van der Waals surface area contributed by atoms with Crippen molar-refractivity contribution >= 4 is 11.7 Å². The van der Waals surface area contributed by atoms with Gasteiger partial charge in [0.15, 0.2) is 0 Å². The lowest BCUT2D eigenvalue weighted by molar-refractivity contribution is -0.137. The Kier molecular flexibility index (Phi) is 6.30. The number of halogens is 3. The number of nitrogens with zero attached hydrogens (tertiary/aromatic N) is 2. The van der Waals surface area contributed by atoms with E-state index in [1.54, 1.807) is 23.0 Å². The van der Waals surface area contributed by atoms with E-state index in [2.05, 4.69) is 5.32 Å². The standard InChI is InChI=1S/C16H22F3N3O2/c1-24-12-4-7-20-15(23)22-10-8-21(9-11-22)14-6-3-2-5-13(14)16(17,18)19/h2-3,5-6H,4,7-12H2,1H3,(H,20,23). The van der Waals surface area contributed by atoms with Gasteiger partial charge < -0.3 is 19.9 Å². The van der Waals surface area contributed by atoms with Gasteiger partial charge in [0.2, 0.25) is 0 Å². The predicted octanol–water partition coefficient (Wildman–Crippen LogP) is 2.57. The summed E-state index contributed by atoms with van der Waals surface area (Å²) in [4.78, 5) is 15.3. The summed E-state index contributed by atoms with van der Waals surface area (Å²) in [7, 11) is 1.60. The van der Waals surface area contributed by atoms with E-state index in [1.165, 1.54) is 12.1 Å². The molecule has 0 radical (unpaired) electrons. The van der Waals surface area contributed by atoms with Crippen molar-refractivity contribution in [2.75, 3.05) is 51.3 Å². The fourth-order valence-corrected chi connectivity index (χ4v) is 2.66. The number of ether oxygens (including phenoxy) is 1. The van der Waals surface area contributed by atoms with Crippen molar-refractivity contribution in [1.29, 1.82) is 0 Å². The van der Waals surface area contributed by atoms with E-state index >= 15 is 0 Å². The van der Waals surface area contributed by atoms with Crippen molar-refractivity contribution in [2.45, 2.75) is 12.6 Å². The molecule has 1 aliphatic heterocycles. The molecule has 0 saturated carbocycles. The first-order valence-corrected chi connectivity index (χ1v) is 7.86.